The summed E-state index contributed by atoms with van der Waals surface area (Å²) < 4.78 is 40.6. The summed E-state index contributed by atoms with van der Waals surface area (Å²) in [4.78, 5) is 29.9. The van der Waals surface area contributed by atoms with Gasteiger partial charge in [0.2, 0.25) is 0 Å². The lowest BCUT2D eigenvalue weighted by Gasteiger charge is -2.46. The standard InChI is InChI=1S/C39H44ClN3O6S/c1-38(2)37(45)42-50(46,41-36(44)26-9-5-4-6-10-26)30-15-18-35-33(22-30)43(23-28-13-16-31(28)34(47-3)12-8-20-49-38)24-39(25-48-35)19-7-11-27-21-29(40)14-17-32(27)39/h4-6,8-10,12,14-15,17-18,21-22,28,31,34H,7,11,13,16,19-20,23-25H2,1-3H3,(H,41,42,44,45,46)/t28-,31+,34-,39-,50?/m0/s1. The highest BCUT2D eigenvalue weighted by Crippen LogP contribution is 2.47. The zero-order chi connectivity index (χ0) is 35.1. The Balaban J connectivity index is 1.37. The second-order valence-electron chi connectivity index (χ2n) is 14.4. The fourth-order valence-corrected chi connectivity index (χ4v) is 9.65. The molecule has 2 heterocycles. The number of carbonyl (C=O) groups excluding carboxylic acids is 2. The number of nitrogens with one attached hydrogen (secondary N) is 1. The number of carbonyl (C=O) groups is 2. The third-order valence-electron chi connectivity index (χ3n) is 10.8. The summed E-state index contributed by atoms with van der Waals surface area (Å²) in [6.07, 6.45) is 8.76. The molecule has 0 aromatic heterocycles. The number of amides is 2. The van der Waals surface area contributed by atoms with Crippen molar-refractivity contribution >= 4 is 39.0 Å². The Kier molecular flexibility index (Phi) is 9.58. The van der Waals surface area contributed by atoms with Crippen LogP contribution >= 0.6 is 11.6 Å². The van der Waals surface area contributed by atoms with Gasteiger partial charge in [-0.15, -0.1) is 4.36 Å². The zero-order valence-electron chi connectivity index (χ0n) is 28.7. The quantitative estimate of drug-likeness (QED) is 0.293. The number of halogens is 1. The molecule has 2 aliphatic heterocycles. The molecule has 1 N–H and O–H groups in total. The number of hydrogen-bond donors (Lipinski definition) is 1. The zero-order valence-corrected chi connectivity index (χ0v) is 30.3. The number of anilines is 1. The average Bonchev–Trinajstić information content (AvgIpc) is 3.24. The lowest BCUT2D eigenvalue weighted by atomic mass is 9.68. The molecule has 1 saturated carbocycles. The molecule has 5 atom stereocenters. The van der Waals surface area contributed by atoms with Crippen LogP contribution in [0.15, 0.2) is 88.1 Å². The summed E-state index contributed by atoms with van der Waals surface area (Å²) in [6.45, 7) is 5.18. The minimum Gasteiger partial charge on any atom is -0.490 e. The van der Waals surface area contributed by atoms with E-state index in [9.17, 15) is 9.59 Å². The van der Waals surface area contributed by atoms with Gasteiger partial charge in [0, 0.05) is 36.2 Å². The van der Waals surface area contributed by atoms with Crippen LogP contribution in [0.4, 0.5) is 5.69 Å². The molecule has 1 fully saturated rings. The molecule has 3 aromatic rings. The highest BCUT2D eigenvalue weighted by molar-refractivity contribution is 7.92. The Morgan fingerprint density at radius 1 is 1.10 bits per heavy atom. The normalized spacial score (nSPS) is 29.0. The molecule has 2 bridgehead atoms. The SMILES string of the molecule is CO[C@H]1C=CCOC(C)(C)C(=O)N=S(=O)(NC(=O)c2ccccc2)c2ccc3c(c2)N(C[C@@H]2CC[C@H]21)C[C@@]1(CCCc2cc(Cl)ccc21)CO3. The molecule has 3 aromatic carbocycles. The Hall–Kier alpha value is -3.70. The molecule has 4 aliphatic rings. The van der Waals surface area contributed by atoms with Crippen LogP contribution in [-0.4, -0.2) is 61.1 Å². The summed E-state index contributed by atoms with van der Waals surface area (Å²) in [7, 11) is -2.11. The first kappa shape index (κ1) is 34.7. The molecule has 9 nitrogen and oxygen atoms in total. The van der Waals surface area contributed by atoms with Gasteiger partial charge >= 0.3 is 0 Å². The van der Waals surface area contributed by atoms with Gasteiger partial charge in [-0.2, -0.15) is 0 Å². The number of hydrogen-bond acceptors (Lipinski definition) is 7. The van der Waals surface area contributed by atoms with E-state index in [2.05, 4.69) is 26.1 Å². The number of fused-ring (bicyclic) bond motifs is 4. The largest absolute Gasteiger partial charge is 0.490 e. The topological polar surface area (TPSA) is 107 Å². The molecule has 0 radical (unpaired) electrons. The Morgan fingerprint density at radius 3 is 2.68 bits per heavy atom. The van der Waals surface area contributed by atoms with Gasteiger partial charge in [-0.1, -0.05) is 48.0 Å². The minimum absolute atomic E-state index is 0.110. The molecular formula is C39H44ClN3O6S. The highest BCUT2D eigenvalue weighted by Gasteiger charge is 2.44. The first-order chi connectivity index (χ1) is 24.0. The maximum absolute atomic E-state index is 15.0. The van der Waals surface area contributed by atoms with Crippen molar-refractivity contribution in [1.29, 1.82) is 0 Å². The molecule has 2 aliphatic carbocycles. The van der Waals surface area contributed by atoms with Gasteiger partial charge in [-0.25, -0.2) is 4.21 Å². The molecule has 1 unspecified atom stereocenters. The third kappa shape index (κ3) is 6.70. The van der Waals surface area contributed by atoms with Crippen LogP contribution in [-0.2, 0) is 36.0 Å². The van der Waals surface area contributed by atoms with Gasteiger partial charge in [0.25, 0.3) is 11.8 Å². The van der Waals surface area contributed by atoms with E-state index >= 15 is 4.21 Å². The number of methoxy groups -OCH3 is 1. The predicted octanol–water partition coefficient (Wildman–Crippen LogP) is 6.92. The molecule has 11 heteroatoms. The summed E-state index contributed by atoms with van der Waals surface area (Å²) in [5.74, 6) is -0.0996. The average molecular weight is 718 g/mol. The third-order valence-corrected chi connectivity index (χ3v) is 12.8. The lowest BCUT2D eigenvalue weighted by molar-refractivity contribution is -0.137. The van der Waals surface area contributed by atoms with Crippen molar-refractivity contribution in [3.05, 3.63) is 101 Å². The van der Waals surface area contributed by atoms with Crippen LogP contribution in [0.1, 0.15) is 61.0 Å². The summed E-state index contributed by atoms with van der Waals surface area (Å²) >= 11 is 6.46. The van der Waals surface area contributed by atoms with Crippen LogP contribution in [0.5, 0.6) is 5.75 Å². The molecule has 7 rings (SSSR count). The number of nitrogens with zero attached hydrogens (tertiary/aromatic N) is 2. The van der Waals surface area contributed by atoms with Crippen LogP contribution in [0, 0.1) is 11.8 Å². The monoisotopic (exact) mass is 717 g/mol. The van der Waals surface area contributed by atoms with E-state index in [0.717, 1.165) is 49.4 Å². The maximum Gasteiger partial charge on any atom is 0.287 e. The van der Waals surface area contributed by atoms with Crippen molar-refractivity contribution < 1.29 is 28.0 Å². The van der Waals surface area contributed by atoms with Crippen molar-refractivity contribution in [1.82, 2.24) is 4.72 Å². The van der Waals surface area contributed by atoms with Crippen molar-refractivity contribution in [3.63, 3.8) is 0 Å². The number of aryl methyl sites for hydroxylation is 1. The van der Waals surface area contributed by atoms with Gasteiger partial charge in [0.15, 0.2) is 9.92 Å². The summed E-state index contributed by atoms with van der Waals surface area (Å²) in [6, 6.07) is 19.9. The van der Waals surface area contributed by atoms with E-state index in [1.54, 1.807) is 69.5 Å². The Labute approximate surface area is 299 Å². The number of rotatable bonds is 3. The molecule has 264 valence electrons. The van der Waals surface area contributed by atoms with E-state index in [1.165, 1.54) is 11.1 Å². The van der Waals surface area contributed by atoms with Crippen LogP contribution in [0.2, 0.25) is 5.02 Å². The smallest absolute Gasteiger partial charge is 0.287 e. The van der Waals surface area contributed by atoms with Crippen molar-refractivity contribution in [2.75, 3.05) is 38.3 Å². The minimum atomic E-state index is -3.85. The second-order valence-corrected chi connectivity index (χ2v) is 16.8. The van der Waals surface area contributed by atoms with Crippen LogP contribution in [0.25, 0.3) is 0 Å². The van der Waals surface area contributed by atoms with Gasteiger partial charge in [-0.3, -0.25) is 14.3 Å². The number of benzene rings is 3. The Morgan fingerprint density at radius 2 is 1.92 bits per heavy atom. The molecule has 2 amide bonds. The number of ether oxygens (including phenoxy) is 3. The van der Waals surface area contributed by atoms with Gasteiger partial charge in [0.05, 0.1) is 29.9 Å². The van der Waals surface area contributed by atoms with Crippen LogP contribution < -0.4 is 14.4 Å². The van der Waals surface area contributed by atoms with Gasteiger partial charge in [-0.05, 0) is 111 Å². The first-order valence-corrected chi connectivity index (χ1v) is 19.2. The van der Waals surface area contributed by atoms with Crippen LogP contribution in [0.3, 0.4) is 0 Å². The second kappa shape index (κ2) is 13.8. The van der Waals surface area contributed by atoms with E-state index in [4.69, 9.17) is 25.8 Å². The molecule has 50 heavy (non-hydrogen) atoms. The fourth-order valence-electron chi connectivity index (χ4n) is 7.84. The lowest BCUT2D eigenvalue weighted by Crippen LogP contribution is -2.49. The summed E-state index contributed by atoms with van der Waals surface area (Å²) in [5.41, 5.74) is 1.82. The van der Waals surface area contributed by atoms with E-state index in [0.29, 0.717) is 30.4 Å². The van der Waals surface area contributed by atoms with E-state index in [-0.39, 0.29) is 28.9 Å². The maximum atomic E-state index is 15.0. The highest BCUT2D eigenvalue weighted by atomic mass is 35.5. The van der Waals surface area contributed by atoms with E-state index < -0.39 is 27.3 Å². The van der Waals surface area contributed by atoms with Crippen molar-refractivity contribution in [2.24, 2.45) is 16.2 Å². The van der Waals surface area contributed by atoms with Gasteiger partial charge in [0.1, 0.15) is 11.4 Å². The Bertz CT molecular complexity index is 1940. The van der Waals surface area contributed by atoms with Crippen molar-refractivity contribution in [3.8, 4) is 5.75 Å². The molecule has 0 saturated heterocycles. The van der Waals surface area contributed by atoms with Crippen molar-refractivity contribution in [2.45, 2.75) is 68.0 Å². The molecule has 1 spiro atoms. The summed E-state index contributed by atoms with van der Waals surface area (Å²) in [5, 5.41) is 0.725. The van der Waals surface area contributed by atoms with Gasteiger partial charge < -0.3 is 19.1 Å². The predicted molar refractivity (Wildman–Crippen MR) is 194 cm³/mol. The fraction of sp³-hybridized carbons (Fsp3) is 0.436. The first-order valence-electron chi connectivity index (χ1n) is 17.3. The molecular weight excluding hydrogens is 674 g/mol. The van der Waals surface area contributed by atoms with E-state index in [1.807, 2.05) is 18.2 Å².